The van der Waals surface area contributed by atoms with Gasteiger partial charge < -0.3 is 4.74 Å². The van der Waals surface area contributed by atoms with Gasteiger partial charge in [0.1, 0.15) is 18.4 Å². The maximum Gasteiger partial charge on any atom is 0.337 e. The van der Waals surface area contributed by atoms with Crippen LogP contribution in [0.3, 0.4) is 0 Å². The van der Waals surface area contributed by atoms with Gasteiger partial charge in [-0.1, -0.05) is 30.3 Å². The van der Waals surface area contributed by atoms with E-state index in [0.29, 0.717) is 0 Å². The molecule has 8 nitrogen and oxygen atoms in total. The van der Waals surface area contributed by atoms with E-state index in [0.717, 1.165) is 17.8 Å². The molecule has 1 aromatic heterocycles. The lowest BCUT2D eigenvalue weighted by Crippen LogP contribution is -2.06. The number of rotatable bonds is 5. The van der Waals surface area contributed by atoms with Crippen LogP contribution in [0.4, 0.5) is 11.4 Å². The first kappa shape index (κ1) is 14.4. The summed E-state index contributed by atoms with van der Waals surface area (Å²) >= 11 is 0. The first-order chi connectivity index (χ1) is 9.99. The number of hydrogen-bond donors (Lipinski definition) is 0. The van der Waals surface area contributed by atoms with Crippen LogP contribution in [0, 0.1) is 20.2 Å². The first-order valence-electron chi connectivity index (χ1n) is 5.99. The van der Waals surface area contributed by atoms with Crippen molar-refractivity contribution in [2.45, 2.75) is 13.0 Å². The predicted molar refractivity (Wildman–Crippen MR) is 73.0 cm³/mol. The van der Waals surface area contributed by atoms with E-state index in [2.05, 4.69) is 4.98 Å². The maximum absolute atomic E-state index is 11.0. The van der Waals surface area contributed by atoms with Gasteiger partial charge in [-0.2, -0.15) is 0 Å². The van der Waals surface area contributed by atoms with Crippen molar-refractivity contribution < 1.29 is 14.6 Å². The van der Waals surface area contributed by atoms with E-state index in [1.54, 1.807) is 6.92 Å². The summed E-state index contributed by atoms with van der Waals surface area (Å²) in [6.45, 7) is 1.71. The topological polar surface area (TPSA) is 108 Å². The first-order valence-corrected chi connectivity index (χ1v) is 5.99. The summed E-state index contributed by atoms with van der Waals surface area (Å²) in [5.74, 6) is -0.248. The van der Waals surface area contributed by atoms with Crippen LogP contribution >= 0.6 is 0 Å². The number of nitro groups is 2. The Labute approximate surface area is 119 Å². The molecule has 1 unspecified atom stereocenters. The lowest BCUT2D eigenvalue weighted by molar-refractivity contribution is -0.395. The predicted octanol–water partition coefficient (Wildman–Crippen LogP) is 3.04. The fraction of sp³-hybridized carbons (Fsp3) is 0.154. The van der Waals surface area contributed by atoms with Crippen LogP contribution in [-0.2, 0) is 0 Å². The highest BCUT2D eigenvalue weighted by Crippen LogP contribution is 2.31. The second kappa shape index (κ2) is 5.95. The highest BCUT2D eigenvalue weighted by Gasteiger charge is 2.24. The van der Waals surface area contributed by atoms with Crippen LogP contribution in [0.15, 0.2) is 42.6 Å². The third-order valence-electron chi connectivity index (χ3n) is 2.78. The van der Waals surface area contributed by atoms with Crippen LogP contribution in [0.5, 0.6) is 5.88 Å². The molecular weight excluding hydrogens is 278 g/mol. The molecule has 0 saturated heterocycles. The Kier molecular flexibility index (Phi) is 4.07. The van der Waals surface area contributed by atoms with E-state index < -0.39 is 27.3 Å². The molecular formula is C13H11N3O5. The van der Waals surface area contributed by atoms with Crippen molar-refractivity contribution in [2.75, 3.05) is 0 Å². The minimum atomic E-state index is -0.757. The van der Waals surface area contributed by atoms with E-state index in [1.807, 2.05) is 30.3 Å². The fourth-order valence-electron chi connectivity index (χ4n) is 1.71. The molecule has 0 aliphatic heterocycles. The highest BCUT2D eigenvalue weighted by molar-refractivity contribution is 5.48. The Bertz CT molecular complexity index is 675. The van der Waals surface area contributed by atoms with Crippen LogP contribution < -0.4 is 4.74 Å². The summed E-state index contributed by atoms with van der Waals surface area (Å²) in [6, 6.07) is 9.91. The van der Waals surface area contributed by atoms with Crippen molar-refractivity contribution in [3.63, 3.8) is 0 Å². The minimum absolute atomic E-state index is 0.248. The minimum Gasteiger partial charge on any atom is -0.465 e. The smallest absolute Gasteiger partial charge is 0.337 e. The molecule has 8 heteroatoms. The number of ether oxygens (including phenoxy) is 1. The van der Waals surface area contributed by atoms with E-state index in [1.165, 1.54) is 0 Å². The molecule has 0 saturated carbocycles. The number of aromatic nitrogens is 1. The molecule has 1 atom stereocenters. The van der Waals surface area contributed by atoms with Crippen LogP contribution in [0.1, 0.15) is 18.6 Å². The summed E-state index contributed by atoms with van der Waals surface area (Å²) in [7, 11) is 0. The summed E-state index contributed by atoms with van der Waals surface area (Å²) < 4.78 is 5.45. The molecule has 0 fully saturated rings. The Hall–Kier alpha value is -3.03. The lowest BCUT2D eigenvalue weighted by atomic mass is 10.1. The molecule has 0 spiro atoms. The molecule has 108 valence electrons. The highest BCUT2D eigenvalue weighted by atomic mass is 16.6. The van der Waals surface area contributed by atoms with Crippen molar-refractivity contribution in [1.29, 1.82) is 0 Å². The number of nitrogens with zero attached hydrogens (tertiary/aromatic N) is 3. The summed E-state index contributed by atoms with van der Waals surface area (Å²) in [4.78, 5) is 23.8. The largest absolute Gasteiger partial charge is 0.465 e. The van der Waals surface area contributed by atoms with Gasteiger partial charge in [0.2, 0.25) is 0 Å². The average molecular weight is 289 g/mol. The molecule has 0 aliphatic carbocycles. The second-order valence-electron chi connectivity index (χ2n) is 4.20. The molecule has 0 aliphatic rings. The Morgan fingerprint density at radius 1 is 1.14 bits per heavy atom. The number of pyridine rings is 1. The monoisotopic (exact) mass is 289 g/mol. The van der Waals surface area contributed by atoms with Gasteiger partial charge in [0.15, 0.2) is 0 Å². The molecule has 0 N–H and O–H groups in total. The van der Waals surface area contributed by atoms with Crippen molar-refractivity contribution in [1.82, 2.24) is 4.98 Å². The Morgan fingerprint density at radius 3 is 2.38 bits per heavy atom. The molecule has 0 bridgehead atoms. The summed E-state index contributed by atoms with van der Waals surface area (Å²) in [5.41, 5.74) is -0.180. The zero-order valence-electron chi connectivity index (χ0n) is 11.0. The lowest BCUT2D eigenvalue weighted by Gasteiger charge is -2.13. The van der Waals surface area contributed by atoms with E-state index in [4.69, 9.17) is 4.74 Å². The van der Waals surface area contributed by atoms with Gasteiger partial charge in [-0.15, -0.1) is 0 Å². The standard InChI is InChI=1S/C13H11N3O5/c1-9(10-5-3-2-4-6-10)21-13-12(16(19)20)7-11(8-14-13)15(17)18/h2-9H,1H3. The maximum atomic E-state index is 11.0. The number of benzene rings is 1. The van der Waals surface area contributed by atoms with Gasteiger partial charge >= 0.3 is 5.69 Å². The SMILES string of the molecule is CC(Oc1ncc([N+](=O)[O-])cc1[N+](=O)[O-])c1ccccc1. The van der Waals surface area contributed by atoms with Crippen LogP contribution in [0.2, 0.25) is 0 Å². The normalized spacial score (nSPS) is 11.7. The average Bonchev–Trinajstić information content (AvgIpc) is 2.48. The van der Waals surface area contributed by atoms with Gasteiger partial charge in [-0.25, -0.2) is 4.98 Å². The van der Waals surface area contributed by atoms with Crippen LogP contribution in [0.25, 0.3) is 0 Å². The summed E-state index contributed by atoms with van der Waals surface area (Å²) in [5, 5.41) is 21.6. The molecule has 2 rings (SSSR count). The molecule has 1 aromatic carbocycles. The van der Waals surface area contributed by atoms with Gasteiger partial charge in [0.25, 0.3) is 11.6 Å². The van der Waals surface area contributed by atoms with Crippen molar-refractivity contribution in [3.8, 4) is 5.88 Å². The number of hydrogen-bond acceptors (Lipinski definition) is 6. The van der Waals surface area contributed by atoms with Crippen molar-refractivity contribution in [3.05, 3.63) is 68.4 Å². The fourth-order valence-corrected chi connectivity index (χ4v) is 1.71. The van der Waals surface area contributed by atoms with E-state index in [-0.39, 0.29) is 5.88 Å². The third kappa shape index (κ3) is 3.30. The van der Waals surface area contributed by atoms with E-state index in [9.17, 15) is 20.2 Å². The van der Waals surface area contributed by atoms with Gasteiger partial charge in [-0.05, 0) is 12.5 Å². The second-order valence-corrected chi connectivity index (χ2v) is 4.20. The molecule has 21 heavy (non-hydrogen) atoms. The Morgan fingerprint density at radius 2 is 1.81 bits per heavy atom. The van der Waals surface area contributed by atoms with Gasteiger partial charge in [0, 0.05) is 0 Å². The zero-order valence-corrected chi connectivity index (χ0v) is 11.0. The quantitative estimate of drug-likeness (QED) is 0.618. The Balaban J connectivity index is 2.31. The molecule has 0 radical (unpaired) electrons. The molecule has 0 amide bonds. The summed E-state index contributed by atoms with van der Waals surface area (Å²) in [6.07, 6.45) is 0.457. The third-order valence-corrected chi connectivity index (χ3v) is 2.78. The van der Waals surface area contributed by atoms with Crippen LogP contribution in [-0.4, -0.2) is 14.8 Å². The van der Waals surface area contributed by atoms with Crippen molar-refractivity contribution >= 4 is 11.4 Å². The zero-order chi connectivity index (χ0) is 15.4. The van der Waals surface area contributed by atoms with Gasteiger partial charge in [0.05, 0.1) is 9.85 Å². The molecule has 2 aromatic rings. The molecule has 1 heterocycles. The van der Waals surface area contributed by atoms with Gasteiger partial charge in [-0.3, -0.25) is 20.2 Å². The van der Waals surface area contributed by atoms with Crippen molar-refractivity contribution in [2.24, 2.45) is 0 Å². The van der Waals surface area contributed by atoms with E-state index >= 15 is 0 Å².